The van der Waals surface area contributed by atoms with Crippen molar-refractivity contribution in [2.24, 2.45) is 0 Å². The zero-order valence-corrected chi connectivity index (χ0v) is 12.1. The Bertz CT molecular complexity index is 668. The molecule has 0 atom stereocenters. The molecule has 1 N–H and O–H groups in total. The van der Waals surface area contributed by atoms with Crippen LogP contribution in [-0.2, 0) is 4.74 Å². The summed E-state index contributed by atoms with van der Waals surface area (Å²) in [5, 5.41) is 2.64. The van der Waals surface area contributed by atoms with Crippen molar-refractivity contribution in [1.82, 2.24) is 0 Å². The van der Waals surface area contributed by atoms with Crippen LogP contribution in [0.2, 0.25) is 0 Å². The van der Waals surface area contributed by atoms with Crippen molar-refractivity contribution < 1.29 is 18.7 Å². The maximum atomic E-state index is 13.1. The molecule has 5 heteroatoms. The number of esters is 1. The van der Waals surface area contributed by atoms with Gasteiger partial charge < -0.3 is 10.1 Å². The summed E-state index contributed by atoms with van der Waals surface area (Å²) in [7, 11) is 0. The minimum absolute atomic E-state index is 0.228. The van der Waals surface area contributed by atoms with E-state index in [9.17, 15) is 14.0 Å². The van der Waals surface area contributed by atoms with Gasteiger partial charge in [-0.2, -0.15) is 0 Å². The molecular formula is C17H16FNO3. The molecule has 0 fully saturated rings. The third kappa shape index (κ3) is 4.15. The maximum Gasteiger partial charge on any atom is 0.338 e. The quantitative estimate of drug-likeness (QED) is 0.858. The Morgan fingerprint density at radius 1 is 1.09 bits per heavy atom. The first-order chi connectivity index (χ1) is 10.6. The fourth-order valence-electron chi connectivity index (χ4n) is 1.80. The van der Waals surface area contributed by atoms with Gasteiger partial charge in [0.25, 0.3) is 5.91 Å². The third-order valence-electron chi connectivity index (χ3n) is 2.90. The van der Waals surface area contributed by atoms with E-state index < -0.39 is 17.7 Å². The van der Waals surface area contributed by atoms with E-state index in [1.807, 2.05) is 6.92 Å². The number of amides is 1. The van der Waals surface area contributed by atoms with Crippen LogP contribution < -0.4 is 5.32 Å². The van der Waals surface area contributed by atoms with Gasteiger partial charge in [0.1, 0.15) is 5.82 Å². The Morgan fingerprint density at radius 2 is 1.82 bits per heavy atom. The number of hydrogen-bond acceptors (Lipinski definition) is 3. The lowest BCUT2D eigenvalue weighted by molar-refractivity contribution is 0.0505. The molecule has 2 aromatic rings. The first-order valence-electron chi connectivity index (χ1n) is 6.94. The van der Waals surface area contributed by atoms with E-state index in [1.54, 1.807) is 24.3 Å². The standard InChI is InChI=1S/C17H16FNO3/c1-2-10-22-17(21)12-6-8-15(9-7-12)19-16(20)13-4-3-5-14(18)11-13/h3-9,11H,2,10H2,1H3,(H,19,20). The largest absolute Gasteiger partial charge is 0.462 e. The highest BCUT2D eigenvalue weighted by Crippen LogP contribution is 2.13. The fourth-order valence-corrected chi connectivity index (χ4v) is 1.80. The predicted molar refractivity (Wildman–Crippen MR) is 81.4 cm³/mol. The molecule has 0 aliphatic rings. The molecule has 0 bridgehead atoms. The van der Waals surface area contributed by atoms with E-state index in [2.05, 4.69) is 5.32 Å². The van der Waals surface area contributed by atoms with Crippen LogP contribution in [0.25, 0.3) is 0 Å². The number of hydrogen-bond donors (Lipinski definition) is 1. The molecule has 114 valence electrons. The molecule has 0 spiro atoms. The van der Waals surface area contributed by atoms with Crippen molar-refractivity contribution in [2.75, 3.05) is 11.9 Å². The highest BCUT2D eigenvalue weighted by atomic mass is 19.1. The second-order valence-electron chi connectivity index (χ2n) is 4.68. The maximum absolute atomic E-state index is 13.1. The first-order valence-corrected chi connectivity index (χ1v) is 6.94. The Kier molecular flexibility index (Phi) is 5.25. The fraction of sp³-hybridized carbons (Fsp3) is 0.176. The minimum atomic E-state index is -0.471. The van der Waals surface area contributed by atoms with E-state index in [-0.39, 0.29) is 5.56 Å². The van der Waals surface area contributed by atoms with Crippen LogP contribution in [0.1, 0.15) is 34.1 Å². The van der Waals surface area contributed by atoms with E-state index in [0.29, 0.717) is 17.9 Å². The number of benzene rings is 2. The topological polar surface area (TPSA) is 55.4 Å². The smallest absolute Gasteiger partial charge is 0.338 e. The van der Waals surface area contributed by atoms with Crippen molar-refractivity contribution in [3.05, 3.63) is 65.5 Å². The molecular weight excluding hydrogens is 285 g/mol. The molecule has 0 unspecified atom stereocenters. The summed E-state index contributed by atoms with van der Waals surface area (Å²) in [6.07, 6.45) is 0.757. The summed E-state index contributed by atoms with van der Waals surface area (Å²) in [6.45, 7) is 2.29. The molecule has 22 heavy (non-hydrogen) atoms. The molecule has 4 nitrogen and oxygen atoms in total. The Balaban J connectivity index is 2.02. The van der Waals surface area contributed by atoms with Gasteiger partial charge in [-0.15, -0.1) is 0 Å². The molecule has 0 aliphatic heterocycles. The average Bonchev–Trinajstić information content (AvgIpc) is 2.53. The molecule has 0 saturated heterocycles. The lowest BCUT2D eigenvalue weighted by Crippen LogP contribution is -2.12. The van der Waals surface area contributed by atoms with Crippen LogP contribution in [0.15, 0.2) is 48.5 Å². The highest BCUT2D eigenvalue weighted by molar-refractivity contribution is 6.04. The van der Waals surface area contributed by atoms with Crippen LogP contribution in [-0.4, -0.2) is 18.5 Å². The summed E-state index contributed by atoms with van der Waals surface area (Å²) < 4.78 is 18.1. The SMILES string of the molecule is CCCOC(=O)c1ccc(NC(=O)c2cccc(F)c2)cc1. The van der Waals surface area contributed by atoms with Crippen molar-refractivity contribution in [1.29, 1.82) is 0 Å². The van der Waals surface area contributed by atoms with Gasteiger partial charge in [0.15, 0.2) is 0 Å². The summed E-state index contributed by atoms with van der Waals surface area (Å²) in [4.78, 5) is 23.6. The Morgan fingerprint density at radius 3 is 2.45 bits per heavy atom. The van der Waals surface area contributed by atoms with Gasteiger partial charge in [0.05, 0.1) is 12.2 Å². The highest BCUT2D eigenvalue weighted by Gasteiger charge is 2.09. The average molecular weight is 301 g/mol. The molecule has 0 heterocycles. The zero-order chi connectivity index (χ0) is 15.9. The van der Waals surface area contributed by atoms with Crippen molar-refractivity contribution in [3.8, 4) is 0 Å². The van der Waals surface area contributed by atoms with Gasteiger partial charge in [-0.25, -0.2) is 9.18 Å². The lowest BCUT2D eigenvalue weighted by Gasteiger charge is -2.07. The number of carbonyl (C=O) groups excluding carboxylic acids is 2. The van der Waals surface area contributed by atoms with Gasteiger partial charge in [-0.1, -0.05) is 13.0 Å². The van der Waals surface area contributed by atoms with Crippen LogP contribution in [0.5, 0.6) is 0 Å². The van der Waals surface area contributed by atoms with Gasteiger partial charge in [0.2, 0.25) is 0 Å². The van der Waals surface area contributed by atoms with Crippen LogP contribution in [0.4, 0.5) is 10.1 Å². The van der Waals surface area contributed by atoms with E-state index in [0.717, 1.165) is 12.5 Å². The summed E-state index contributed by atoms with van der Waals surface area (Å²) in [5.74, 6) is -1.28. The number of halogens is 1. The predicted octanol–water partition coefficient (Wildman–Crippen LogP) is 3.64. The monoisotopic (exact) mass is 301 g/mol. The van der Waals surface area contributed by atoms with Gasteiger partial charge >= 0.3 is 5.97 Å². The minimum Gasteiger partial charge on any atom is -0.462 e. The van der Waals surface area contributed by atoms with Crippen molar-refractivity contribution in [3.63, 3.8) is 0 Å². The Hall–Kier alpha value is -2.69. The molecule has 0 radical (unpaired) electrons. The number of rotatable bonds is 5. The second kappa shape index (κ2) is 7.36. The van der Waals surface area contributed by atoms with Crippen LogP contribution >= 0.6 is 0 Å². The number of ether oxygens (including phenoxy) is 1. The normalized spacial score (nSPS) is 10.1. The van der Waals surface area contributed by atoms with Gasteiger partial charge in [-0.3, -0.25) is 4.79 Å². The summed E-state index contributed by atoms with van der Waals surface area (Å²) in [6, 6.07) is 11.8. The van der Waals surface area contributed by atoms with Crippen LogP contribution in [0.3, 0.4) is 0 Å². The summed E-state index contributed by atoms with van der Waals surface area (Å²) >= 11 is 0. The first kappa shape index (κ1) is 15.7. The van der Waals surface area contributed by atoms with Crippen LogP contribution in [0, 0.1) is 5.82 Å². The molecule has 0 aromatic heterocycles. The lowest BCUT2D eigenvalue weighted by atomic mass is 10.2. The van der Waals surface area contributed by atoms with Crippen molar-refractivity contribution >= 4 is 17.6 Å². The molecule has 2 rings (SSSR count). The third-order valence-corrected chi connectivity index (χ3v) is 2.90. The molecule has 1 amide bonds. The number of carbonyl (C=O) groups is 2. The van der Waals surface area contributed by atoms with E-state index >= 15 is 0 Å². The number of anilines is 1. The second-order valence-corrected chi connectivity index (χ2v) is 4.68. The summed E-state index contributed by atoms with van der Waals surface area (Å²) in [5.41, 5.74) is 1.16. The molecule has 0 aliphatic carbocycles. The van der Waals surface area contributed by atoms with Gasteiger partial charge in [0, 0.05) is 11.3 Å². The van der Waals surface area contributed by atoms with E-state index in [1.165, 1.54) is 18.2 Å². The Labute approximate surface area is 127 Å². The zero-order valence-electron chi connectivity index (χ0n) is 12.1. The van der Waals surface area contributed by atoms with Gasteiger partial charge in [-0.05, 0) is 48.9 Å². The molecule has 2 aromatic carbocycles. The number of nitrogens with one attached hydrogen (secondary N) is 1. The molecule has 0 saturated carbocycles. The van der Waals surface area contributed by atoms with E-state index in [4.69, 9.17) is 4.74 Å². The van der Waals surface area contributed by atoms with Crippen molar-refractivity contribution in [2.45, 2.75) is 13.3 Å².